The summed E-state index contributed by atoms with van der Waals surface area (Å²) in [7, 11) is 0. The normalized spacial score (nSPS) is 20.7. The van der Waals surface area contributed by atoms with Gasteiger partial charge < -0.3 is 9.47 Å². The number of aromatic nitrogens is 2. The molecule has 0 saturated heterocycles. The Morgan fingerprint density at radius 2 is 1.15 bits per heavy atom. The molecule has 0 unspecified atom stereocenters. The molecule has 5 heteroatoms. The Kier molecular flexibility index (Phi) is 8.58. The zero-order chi connectivity index (χ0) is 44.5. The maximum atomic E-state index is 4.92. The van der Waals surface area contributed by atoms with Crippen molar-refractivity contribution < 1.29 is 0 Å². The van der Waals surface area contributed by atoms with Gasteiger partial charge in [0, 0.05) is 55.1 Å². The van der Waals surface area contributed by atoms with E-state index in [-0.39, 0.29) is 6.71 Å². The van der Waals surface area contributed by atoms with Gasteiger partial charge in [0.2, 0.25) is 6.71 Å². The van der Waals surface area contributed by atoms with Crippen LogP contribution in [0.5, 0.6) is 0 Å². The number of hydrogen-bond acceptors (Lipinski definition) is 3. The minimum absolute atomic E-state index is 0.0243. The molecule has 4 aliphatic carbocycles. The van der Waals surface area contributed by atoms with Gasteiger partial charge >= 0.3 is 0 Å². The van der Waals surface area contributed by atoms with Gasteiger partial charge in [0.15, 0.2) is 0 Å². The average molecular weight is 890 g/mol. The molecule has 68 heavy (non-hydrogen) atoms. The number of nitrogens with zero attached hydrogens (tertiary/aromatic N) is 3. The third-order valence-corrected chi connectivity index (χ3v) is 17.8. The predicted octanol–water partition coefficient (Wildman–Crippen LogP) is 14.4. The average Bonchev–Trinajstić information content (AvgIpc) is 3.72. The Labute approximate surface area is 402 Å². The third-order valence-electron chi connectivity index (χ3n) is 16.6. The zero-order valence-electron chi connectivity index (χ0n) is 37.9. The molecule has 2 aliphatic heterocycles. The largest absolute Gasteiger partial charge is 0.311 e. The molecule has 4 saturated carbocycles. The maximum absolute atomic E-state index is 4.92. The van der Waals surface area contributed by atoms with Crippen molar-refractivity contribution in [1.82, 2.24) is 9.55 Å². The first kappa shape index (κ1) is 39.0. The first-order valence-corrected chi connectivity index (χ1v) is 25.5. The van der Waals surface area contributed by atoms with Crippen LogP contribution < -0.4 is 21.3 Å². The van der Waals surface area contributed by atoms with Gasteiger partial charge in [0.05, 0.1) is 16.7 Å². The van der Waals surface area contributed by atoms with Gasteiger partial charge in [0.1, 0.15) is 0 Å². The highest BCUT2D eigenvalue weighted by atomic mass is 32.2. The van der Waals surface area contributed by atoms with Crippen molar-refractivity contribution in [2.75, 3.05) is 4.90 Å². The Bertz CT molecular complexity index is 3620. The van der Waals surface area contributed by atoms with Crippen LogP contribution in [-0.4, -0.2) is 16.3 Å². The number of anilines is 3. The van der Waals surface area contributed by atoms with Crippen LogP contribution in [0, 0.1) is 17.8 Å². The topological polar surface area (TPSA) is 21.1 Å². The summed E-state index contributed by atoms with van der Waals surface area (Å²) in [5.41, 5.74) is 20.2. The summed E-state index contributed by atoms with van der Waals surface area (Å²) in [5.74, 6) is 2.74. The summed E-state index contributed by atoms with van der Waals surface area (Å²) in [4.78, 5) is 10.1. The molecular weight excluding hydrogens is 842 g/mol. The van der Waals surface area contributed by atoms with Crippen LogP contribution in [0.15, 0.2) is 210 Å². The van der Waals surface area contributed by atoms with Crippen LogP contribution in [0.4, 0.5) is 17.1 Å². The smallest absolute Gasteiger partial charge is 0.249 e. The highest BCUT2D eigenvalue weighted by molar-refractivity contribution is 8.00. The standard InChI is InChI=1S/C63H48BN3S/c1-3-12-43(13-4-1)45-21-24-58-53(31-45)64-54-32-46(44-14-5-2-6-15-44)22-26-60(54)68-61-34-47(55-19-9-10-27-65-55)33-59(62(61)64)67(58)50-17-11-16-49(36-50)66-56-20-8-7-18-51(56)52-35-48(23-25-57(52)66)63-37-40-28-41(38-63)30-42(29-40)39-63/h1-27,31-36,40-42H,28-30,37-39H2. The van der Waals surface area contributed by atoms with E-state index >= 15 is 0 Å². The van der Waals surface area contributed by atoms with E-state index in [1.54, 1.807) is 5.56 Å². The van der Waals surface area contributed by atoms with E-state index in [9.17, 15) is 0 Å². The minimum Gasteiger partial charge on any atom is -0.311 e. The first-order valence-electron chi connectivity index (χ1n) is 24.7. The second kappa shape index (κ2) is 15.0. The molecule has 0 atom stereocenters. The van der Waals surface area contributed by atoms with Crippen molar-refractivity contribution >= 4 is 73.7 Å². The van der Waals surface area contributed by atoms with Crippen LogP contribution in [0.25, 0.3) is 61.0 Å². The van der Waals surface area contributed by atoms with Crippen molar-refractivity contribution in [2.45, 2.75) is 53.7 Å². The molecule has 8 aromatic carbocycles. The van der Waals surface area contributed by atoms with Crippen molar-refractivity contribution in [2.24, 2.45) is 17.8 Å². The fourth-order valence-corrected chi connectivity index (χ4v) is 15.3. The summed E-state index contributed by atoms with van der Waals surface area (Å²) in [6.45, 7) is 0.0243. The number of para-hydroxylation sites is 1. The Morgan fingerprint density at radius 3 is 1.90 bits per heavy atom. The Morgan fingerprint density at radius 1 is 0.471 bits per heavy atom. The van der Waals surface area contributed by atoms with E-state index in [1.165, 1.54) is 126 Å². The van der Waals surface area contributed by atoms with E-state index in [1.807, 2.05) is 24.0 Å². The molecule has 4 heterocycles. The summed E-state index contributed by atoms with van der Waals surface area (Å²) in [5, 5.41) is 2.71. The molecule has 16 rings (SSSR count). The summed E-state index contributed by atoms with van der Waals surface area (Å²) in [6.07, 6.45) is 10.4. The number of rotatable bonds is 6. The van der Waals surface area contributed by atoms with Crippen LogP contribution in [-0.2, 0) is 5.41 Å². The van der Waals surface area contributed by atoms with E-state index in [0.717, 1.165) is 34.7 Å². The van der Waals surface area contributed by atoms with Crippen molar-refractivity contribution in [1.29, 1.82) is 0 Å². The zero-order valence-corrected chi connectivity index (χ0v) is 38.7. The van der Waals surface area contributed by atoms with Crippen molar-refractivity contribution in [3.05, 3.63) is 206 Å². The lowest BCUT2D eigenvalue weighted by Gasteiger charge is -2.57. The van der Waals surface area contributed by atoms with Crippen molar-refractivity contribution in [3.8, 4) is 39.2 Å². The first-order chi connectivity index (χ1) is 33.6. The third kappa shape index (κ3) is 5.97. The van der Waals surface area contributed by atoms with Gasteiger partial charge in [-0.2, -0.15) is 0 Å². The van der Waals surface area contributed by atoms with Gasteiger partial charge in [-0.15, -0.1) is 0 Å². The molecule has 0 amide bonds. The number of pyridine rings is 1. The lowest BCUT2D eigenvalue weighted by atomic mass is 9.34. The fourth-order valence-electron chi connectivity index (χ4n) is 14.2. The predicted molar refractivity (Wildman–Crippen MR) is 285 cm³/mol. The molecule has 0 radical (unpaired) electrons. The molecular formula is C63H48BN3S. The number of fused-ring (bicyclic) bond motifs is 7. The second-order valence-electron chi connectivity index (χ2n) is 20.6. The molecule has 6 aliphatic rings. The van der Waals surface area contributed by atoms with Crippen LogP contribution >= 0.6 is 11.8 Å². The van der Waals surface area contributed by atoms with E-state index in [2.05, 4.69) is 198 Å². The van der Waals surface area contributed by atoms with Gasteiger partial charge in [-0.25, -0.2) is 0 Å². The minimum atomic E-state index is 0.0243. The Hall–Kier alpha value is -7.08. The molecule has 10 aromatic rings. The molecule has 4 bridgehead atoms. The quantitative estimate of drug-likeness (QED) is 0.155. The molecule has 2 aromatic heterocycles. The van der Waals surface area contributed by atoms with Crippen molar-refractivity contribution in [3.63, 3.8) is 0 Å². The molecule has 324 valence electrons. The SMILES string of the molecule is c1ccc(-c2ccc3c(c2)B2c4cc(-c5ccccc5)ccc4N(c4cccc(-n5c6ccccc6c6cc(C78CC9CC(CC(C9)C7)C8)ccc65)c4)c4cc(-c5ccccn5)cc(c42)S3)cc1. The summed E-state index contributed by atoms with van der Waals surface area (Å²) >= 11 is 1.90. The van der Waals surface area contributed by atoms with Crippen LogP contribution in [0.1, 0.15) is 44.1 Å². The molecule has 4 fully saturated rings. The van der Waals surface area contributed by atoms with Gasteiger partial charge in [-0.05, 0) is 173 Å². The van der Waals surface area contributed by atoms with E-state index in [0.29, 0.717) is 5.41 Å². The Balaban J connectivity index is 0.940. The van der Waals surface area contributed by atoms with E-state index < -0.39 is 0 Å². The lowest BCUT2D eigenvalue weighted by Crippen LogP contribution is -2.59. The maximum Gasteiger partial charge on any atom is 0.249 e. The van der Waals surface area contributed by atoms with Crippen LogP contribution in [0.2, 0.25) is 0 Å². The number of hydrogen-bond donors (Lipinski definition) is 0. The van der Waals surface area contributed by atoms with Gasteiger partial charge in [-0.3, -0.25) is 4.98 Å². The monoisotopic (exact) mass is 889 g/mol. The second-order valence-corrected chi connectivity index (χ2v) is 21.6. The highest BCUT2D eigenvalue weighted by Gasteiger charge is 2.51. The van der Waals surface area contributed by atoms with E-state index in [4.69, 9.17) is 4.98 Å². The molecule has 0 N–H and O–H groups in total. The van der Waals surface area contributed by atoms with Gasteiger partial charge in [-0.1, -0.05) is 139 Å². The van der Waals surface area contributed by atoms with Gasteiger partial charge in [0.25, 0.3) is 0 Å². The lowest BCUT2D eigenvalue weighted by molar-refractivity contribution is -0.00512. The summed E-state index contributed by atoms with van der Waals surface area (Å²) < 4.78 is 2.53. The highest BCUT2D eigenvalue weighted by Crippen LogP contribution is 2.61. The molecule has 0 spiro atoms. The summed E-state index contributed by atoms with van der Waals surface area (Å²) in [6, 6.07) is 73.1. The number of benzene rings is 8. The fraction of sp³-hybridized carbons (Fsp3) is 0.159. The van der Waals surface area contributed by atoms with Crippen LogP contribution in [0.3, 0.4) is 0 Å². The molecule has 3 nitrogen and oxygen atoms in total.